The highest BCUT2D eigenvalue weighted by molar-refractivity contribution is 7.97. The molecule has 464 valence electrons. The fourth-order valence-electron chi connectivity index (χ4n) is 9.83. The van der Waals surface area contributed by atoms with Crippen molar-refractivity contribution < 1.29 is 65.9 Å². The van der Waals surface area contributed by atoms with Crippen LogP contribution in [0.5, 0.6) is 17.2 Å². The van der Waals surface area contributed by atoms with Crippen LogP contribution in [0.25, 0.3) is 0 Å². The second-order valence-corrected chi connectivity index (χ2v) is 26.8. The monoisotopic (exact) mass is 1280 g/mol. The standard InChI is InChI=1S/C26H25O5S.C25H24F3O3S.C22H20O3S/c1-18-15-22(32(20-9-5-3-6-10-20)21-11-7-4-8-12-21)16-19(2)25(18)30-17-24(27)31-23-13-14-29-26(23)28;1-18-15-22(32(20-9-5-3-6-10-20)21-11-7-4-8-12-21)16-19(2)24(18)31-17-23(29)30-14-13-25(26,27)28;1-16-13-20(14-17(2)22(16)25-15-21(23)24)26(18-9-5-3-6-10-18)19-11-7-4-8-12-19/h3-12,15-16,23H,13-14,17H2,1-2H3;3-12,15-16H,13-14,17H2,1-2H3;3-14H,15H2,1-2H3/q2*+1;/p+1. The lowest BCUT2D eigenvalue weighted by Crippen LogP contribution is -2.26. The third kappa shape index (κ3) is 19.1. The van der Waals surface area contributed by atoms with Gasteiger partial charge in [0, 0.05) is 42.8 Å². The highest BCUT2D eigenvalue weighted by Gasteiger charge is 2.34. The maximum atomic E-state index is 12.2. The number of carboxylic acid groups (broad SMARTS) is 1. The summed E-state index contributed by atoms with van der Waals surface area (Å²) in [5.41, 5.74) is 5.46. The largest absolute Gasteiger partial charge is 0.481 e. The molecule has 0 spiro atoms. The van der Waals surface area contributed by atoms with E-state index in [2.05, 4.69) is 150 Å². The van der Waals surface area contributed by atoms with Crippen molar-refractivity contribution in [1.29, 1.82) is 0 Å². The minimum atomic E-state index is -4.36. The van der Waals surface area contributed by atoms with Crippen LogP contribution in [0.4, 0.5) is 13.2 Å². The number of rotatable bonds is 21. The molecule has 1 saturated heterocycles. The summed E-state index contributed by atoms with van der Waals surface area (Å²) in [6.45, 7) is 10.2. The summed E-state index contributed by atoms with van der Waals surface area (Å²) >= 11 is 0. The molecule has 1 N–H and O–H groups in total. The van der Waals surface area contributed by atoms with E-state index in [1.807, 2.05) is 114 Å². The van der Waals surface area contributed by atoms with Crippen LogP contribution < -0.4 is 14.2 Å². The molecular weight excluding hydrogens is 1210 g/mol. The van der Waals surface area contributed by atoms with Gasteiger partial charge in [0.2, 0.25) is 6.10 Å². The molecule has 0 radical (unpaired) electrons. The molecule has 1 atom stereocenters. The van der Waals surface area contributed by atoms with Crippen LogP contribution in [0.15, 0.2) is 262 Å². The van der Waals surface area contributed by atoms with E-state index in [0.29, 0.717) is 23.7 Å². The molecule has 17 heteroatoms. The third-order valence-corrected chi connectivity index (χ3v) is 20.3. The SMILES string of the molecule is Cc1cc([S+](c2ccccc2)c2ccccc2)cc(C)c1OCC(=O)O.Cc1cc([S+](c2ccccc2)c2ccccc2)cc(C)c1OCC(=O)OC1CCOC1=O.Cc1cc([S+](c2ccccc2)c2ccccc2)cc(C)c1OCC(=O)OCCC(F)(F)F. The normalized spacial score (nSPS) is 12.7. The van der Waals surface area contributed by atoms with E-state index in [0.717, 1.165) is 38.3 Å². The van der Waals surface area contributed by atoms with Crippen LogP contribution in [-0.2, 0) is 66.1 Å². The Hall–Kier alpha value is -8.90. The molecule has 1 aliphatic heterocycles. The zero-order chi connectivity index (χ0) is 64.2. The van der Waals surface area contributed by atoms with Gasteiger partial charge in [0.1, 0.15) is 23.9 Å². The molecule has 1 heterocycles. The molecule has 0 aromatic heterocycles. The van der Waals surface area contributed by atoms with Gasteiger partial charge in [0.25, 0.3) is 0 Å². The number of hydrogen-bond acceptors (Lipinski definition) is 10. The second kappa shape index (κ2) is 32.5. The number of hydrogen-bond donors (Lipinski definition) is 1. The summed E-state index contributed by atoms with van der Waals surface area (Å²) in [4.78, 5) is 57.0. The summed E-state index contributed by atoms with van der Waals surface area (Å²) in [5, 5.41) is 8.87. The topological polar surface area (TPSA) is 144 Å². The quantitative estimate of drug-likeness (QED) is 0.0417. The van der Waals surface area contributed by atoms with Crippen molar-refractivity contribution in [2.24, 2.45) is 0 Å². The van der Waals surface area contributed by atoms with E-state index >= 15 is 0 Å². The van der Waals surface area contributed by atoms with Crippen LogP contribution in [0.2, 0.25) is 0 Å². The molecule has 0 amide bonds. The predicted molar refractivity (Wildman–Crippen MR) is 344 cm³/mol. The van der Waals surface area contributed by atoms with Gasteiger partial charge in [-0.05, 0) is 148 Å². The highest BCUT2D eigenvalue weighted by atomic mass is 32.2. The third-order valence-electron chi connectivity index (χ3n) is 13.7. The Morgan fingerprint density at radius 3 is 0.978 bits per heavy atom. The number of benzene rings is 9. The minimum Gasteiger partial charge on any atom is -0.481 e. The molecule has 9 aromatic rings. The maximum absolute atomic E-state index is 12.2. The van der Waals surface area contributed by atoms with E-state index in [1.165, 1.54) is 39.2 Å². The average molecular weight is 1280 g/mol. The first-order valence-electron chi connectivity index (χ1n) is 28.9. The first kappa shape index (κ1) is 67.0. The summed E-state index contributed by atoms with van der Waals surface area (Å²) in [5.74, 6) is -1.03. The van der Waals surface area contributed by atoms with Crippen molar-refractivity contribution in [2.75, 3.05) is 33.0 Å². The van der Waals surface area contributed by atoms with E-state index in [4.69, 9.17) is 28.8 Å². The van der Waals surface area contributed by atoms with Gasteiger partial charge < -0.3 is 33.5 Å². The molecule has 0 aliphatic carbocycles. The first-order chi connectivity index (χ1) is 43.3. The zero-order valence-corrected chi connectivity index (χ0v) is 53.1. The zero-order valence-electron chi connectivity index (χ0n) is 50.7. The number of carboxylic acids is 1. The molecule has 0 saturated carbocycles. The average Bonchev–Trinajstić information content (AvgIpc) is 0.941. The number of carbonyl (C=O) groups excluding carboxylic acids is 3. The van der Waals surface area contributed by atoms with Crippen molar-refractivity contribution in [3.8, 4) is 17.2 Å². The van der Waals surface area contributed by atoms with Gasteiger partial charge in [0.15, 0.2) is 63.9 Å². The number of carbonyl (C=O) groups is 4. The molecule has 1 unspecified atom stereocenters. The Bertz CT molecular complexity index is 3640. The van der Waals surface area contributed by atoms with E-state index in [-0.39, 0.29) is 52.5 Å². The number of esters is 3. The van der Waals surface area contributed by atoms with Crippen molar-refractivity contribution in [3.63, 3.8) is 0 Å². The van der Waals surface area contributed by atoms with Gasteiger partial charge in [-0.1, -0.05) is 109 Å². The summed E-state index contributed by atoms with van der Waals surface area (Å²) in [6, 6.07) is 74.7. The maximum Gasteiger partial charge on any atom is 0.392 e. The lowest BCUT2D eigenvalue weighted by molar-refractivity contribution is -0.161. The number of cyclic esters (lactones) is 1. The summed E-state index contributed by atoms with van der Waals surface area (Å²) in [7, 11) is -0.813. The van der Waals surface area contributed by atoms with E-state index < -0.39 is 55.8 Å². The number of ether oxygens (including phenoxy) is 6. The van der Waals surface area contributed by atoms with Gasteiger partial charge in [-0.2, -0.15) is 13.2 Å². The first-order valence-corrected chi connectivity index (χ1v) is 32.6. The van der Waals surface area contributed by atoms with Gasteiger partial charge in [0.05, 0.1) is 45.7 Å². The van der Waals surface area contributed by atoms with Crippen molar-refractivity contribution in [3.05, 3.63) is 252 Å². The van der Waals surface area contributed by atoms with Crippen molar-refractivity contribution in [1.82, 2.24) is 0 Å². The fourth-order valence-corrected chi connectivity index (χ4v) is 16.6. The van der Waals surface area contributed by atoms with Crippen LogP contribution in [0, 0.1) is 41.5 Å². The Balaban J connectivity index is 0.000000175. The van der Waals surface area contributed by atoms with Gasteiger partial charge in [-0.3, -0.25) is 0 Å². The molecular formula is C73H70F3O11S3+3. The Morgan fingerprint density at radius 1 is 0.444 bits per heavy atom. The smallest absolute Gasteiger partial charge is 0.392 e. The van der Waals surface area contributed by atoms with Gasteiger partial charge >= 0.3 is 30.1 Å². The second-order valence-electron chi connectivity index (χ2n) is 20.7. The molecule has 90 heavy (non-hydrogen) atoms. The summed E-state index contributed by atoms with van der Waals surface area (Å²) < 4.78 is 68.0. The molecule has 10 rings (SSSR count). The fraction of sp³-hybridized carbons (Fsp3) is 0.205. The number of aliphatic carboxylic acids is 1. The van der Waals surface area contributed by atoms with Gasteiger partial charge in [-0.15, -0.1) is 0 Å². The Morgan fingerprint density at radius 2 is 0.722 bits per heavy atom. The number of halogens is 3. The van der Waals surface area contributed by atoms with E-state index in [1.54, 1.807) is 0 Å². The van der Waals surface area contributed by atoms with Crippen LogP contribution >= 0.6 is 0 Å². The predicted octanol–water partition coefficient (Wildman–Crippen LogP) is 15.8. The molecule has 1 aliphatic rings. The molecule has 0 bridgehead atoms. The number of aryl methyl sites for hydroxylation is 6. The van der Waals surface area contributed by atoms with Gasteiger partial charge in [-0.25, -0.2) is 19.2 Å². The molecule has 9 aromatic carbocycles. The van der Waals surface area contributed by atoms with E-state index in [9.17, 15) is 32.3 Å². The van der Waals surface area contributed by atoms with Crippen molar-refractivity contribution in [2.45, 2.75) is 111 Å². The Labute approximate surface area is 532 Å². The van der Waals surface area contributed by atoms with Crippen LogP contribution in [0.3, 0.4) is 0 Å². The molecule has 1 fully saturated rings. The Kier molecular flexibility index (Phi) is 24.2. The molecule has 11 nitrogen and oxygen atoms in total. The highest BCUT2D eigenvalue weighted by Crippen LogP contribution is 2.39. The lowest BCUT2D eigenvalue weighted by atomic mass is 10.1. The number of alkyl halides is 3. The summed E-state index contributed by atoms with van der Waals surface area (Å²) in [6.07, 6.45) is -5.97. The van der Waals surface area contributed by atoms with Crippen LogP contribution in [0.1, 0.15) is 46.2 Å². The minimum absolute atomic E-state index is 0.228. The van der Waals surface area contributed by atoms with Crippen molar-refractivity contribution >= 4 is 56.6 Å². The lowest BCUT2D eigenvalue weighted by Gasteiger charge is -2.15. The van der Waals surface area contributed by atoms with Crippen LogP contribution in [-0.4, -0.2) is 74.3 Å².